The van der Waals surface area contributed by atoms with Crippen LogP contribution in [0.25, 0.3) is 0 Å². The molecule has 0 spiro atoms. The predicted molar refractivity (Wildman–Crippen MR) is 261 cm³/mol. The second-order valence-corrected chi connectivity index (χ2v) is 21.0. The van der Waals surface area contributed by atoms with Gasteiger partial charge in [0.05, 0.1) is 26.9 Å². The van der Waals surface area contributed by atoms with Crippen molar-refractivity contribution in [3.05, 3.63) is 137 Å². The minimum absolute atomic E-state index is 0.123. The molecule has 1 amide bonds. The summed E-state index contributed by atoms with van der Waals surface area (Å²) in [6, 6.07) is 33.4. The van der Waals surface area contributed by atoms with E-state index in [2.05, 4.69) is 58.1 Å². The lowest BCUT2D eigenvalue weighted by atomic mass is 9.47. The van der Waals surface area contributed by atoms with Crippen LogP contribution in [0.5, 0.6) is 11.5 Å². The van der Waals surface area contributed by atoms with Crippen molar-refractivity contribution in [1.29, 1.82) is 0 Å². The quantitative estimate of drug-likeness (QED) is 0.0811. The Morgan fingerprint density at radius 3 is 2.03 bits per heavy atom. The minimum atomic E-state index is -0.969. The van der Waals surface area contributed by atoms with Crippen molar-refractivity contribution in [2.24, 2.45) is 46.3 Å². The van der Waals surface area contributed by atoms with Crippen molar-refractivity contribution in [1.82, 2.24) is 0 Å². The zero-order valence-corrected chi connectivity index (χ0v) is 40.2. The van der Waals surface area contributed by atoms with Gasteiger partial charge in [0.25, 0.3) is 0 Å². The van der Waals surface area contributed by atoms with Crippen molar-refractivity contribution in [2.45, 2.75) is 129 Å². The molecule has 0 radical (unpaired) electrons. The number of benzene rings is 4. The van der Waals surface area contributed by atoms with Gasteiger partial charge in [-0.15, -0.1) is 0 Å². The highest BCUT2D eigenvalue weighted by Crippen LogP contribution is 2.67. The molecule has 2 N–H and O–H groups in total. The summed E-state index contributed by atoms with van der Waals surface area (Å²) in [7, 11) is 3.32. The van der Waals surface area contributed by atoms with Crippen LogP contribution in [-0.4, -0.2) is 38.1 Å². The number of rotatable bonds is 17. The Bertz CT molecular complexity index is 2150. The third kappa shape index (κ3) is 9.66. The topological polar surface area (TPSA) is 86.2 Å². The van der Waals surface area contributed by atoms with E-state index in [1.807, 2.05) is 91.0 Å². The van der Waals surface area contributed by atoms with Crippen molar-refractivity contribution >= 4 is 11.8 Å². The molecule has 0 aromatic heterocycles. The van der Waals surface area contributed by atoms with E-state index in [4.69, 9.17) is 18.9 Å². The molecule has 0 saturated heterocycles. The first kappa shape index (κ1) is 46.9. The van der Waals surface area contributed by atoms with Gasteiger partial charge in [-0.3, -0.25) is 5.32 Å². The SMILES string of the molecule is COc1ccc(C(OCCC(O)c2ccc(NC(=O)O[C@@H]3CC[C@]4(C)C(=CCC5C6CCC(C(C)CCCC(C)C)[C@]6(C)CCC54)C3)cc2)(c2ccccc2)c2ccc(OC)cc2)cc1. The minimum Gasteiger partial charge on any atom is -0.497 e. The first-order valence-electron chi connectivity index (χ1n) is 24.8. The van der Waals surface area contributed by atoms with E-state index in [-0.39, 0.29) is 18.1 Å². The van der Waals surface area contributed by atoms with Crippen LogP contribution in [0.15, 0.2) is 115 Å². The van der Waals surface area contributed by atoms with Gasteiger partial charge in [-0.1, -0.05) is 132 Å². The molecule has 9 atom stereocenters. The van der Waals surface area contributed by atoms with Crippen LogP contribution in [0.4, 0.5) is 10.5 Å². The first-order chi connectivity index (χ1) is 31.4. The molecule has 3 saturated carbocycles. The predicted octanol–water partition coefficient (Wildman–Crippen LogP) is 14.1. The number of amides is 1. The van der Waals surface area contributed by atoms with Crippen molar-refractivity contribution < 1.29 is 28.8 Å². The van der Waals surface area contributed by atoms with Crippen molar-refractivity contribution in [3.8, 4) is 11.5 Å². The highest BCUT2D eigenvalue weighted by Gasteiger charge is 2.59. The maximum atomic E-state index is 13.3. The zero-order valence-electron chi connectivity index (χ0n) is 40.2. The van der Waals surface area contributed by atoms with E-state index in [1.165, 1.54) is 56.9 Å². The third-order valence-electron chi connectivity index (χ3n) is 17.0. The molecule has 65 heavy (non-hydrogen) atoms. The van der Waals surface area contributed by atoms with Crippen LogP contribution >= 0.6 is 0 Å². The van der Waals surface area contributed by atoms with Gasteiger partial charge in [0.1, 0.15) is 23.2 Å². The van der Waals surface area contributed by atoms with Gasteiger partial charge in [-0.2, -0.15) is 0 Å². The number of carbonyl (C=O) groups is 1. The average molecular weight is 882 g/mol. The number of fused-ring (bicyclic) bond motifs is 5. The molecule has 6 unspecified atom stereocenters. The summed E-state index contributed by atoms with van der Waals surface area (Å²) in [5.74, 6) is 6.36. The van der Waals surface area contributed by atoms with Crippen molar-refractivity contribution in [3.63, 3.8) is 0 Å². The number of methoxy groups -OCH3 is 2. The molecule has 8 rings (SSSR count). The molecule has 0 heterocycles. The molecular formula is C58H75NO6. The molecule has 4 aliphatic carbocycles. The maximum Gasteiger partial charge on any atom is 0.411 e. The summed E-state index contributed by atoms with van der Waals surface area (Å²) in [4.78, 5) is 13.3. The summed E-state index contributed by atoms with van der Waals surface area (Å²) < 4.78 is 24.1. The lowest BCUT2D eigenvalue weighted by Crippen LogP contribution is -2.51. The molecule has 4 aromatic carbocycles. The summed E-state index contributed by atoms with van der Waals surface area (Å²) in [5, 5.41) is 14.4. The van der Waals surface area contributed by atoms with Gasteiger partial charge in [0, 0.05) is 18.5 Å². The molecule has 0 aliphatic heterocycles. The fourth-order valence-corrected chi connectivity index (χ4v) is 13.4. The van der Waals surface area contributed by atoms with Crippen LogP contribution in [0.3, 0.4) is 0 Å². The average Bonchev–Trinajstić information content (AvgIpc) is 3.68. The number of aliphatic hydroxyl groups is 1. The Balaban J connectivity index is 0.865. The van der Waals surface area contributed by atoms with Crippen LogP contribution in [0.1, 0.15) is 140 Å². The van der Waals surface area contributed by atoms with E-state index in [9.17, 15) is 9.90 Å². The number of hydrogen-bond donors (Lipinski definition) is 2. The second kappa shape index (κ2) is 20.1. The van der Waals surface area contributed by atoms with Gasteiger partial charge < -0.3 is 24.1 Å². The molecule has 348 valence electrons. The maximum absolute atomic E-state index is 13.3. The fraction of sp³-hybridized carbons (Fsp3) is 0.534. The number of carbonyl (C=O) groups excluding carboxylic acids is 1. The Labute approximate surface area is 389 Å². The zero-order chi connectivity index (χ0) is 45.8. The largest absolute Gasteiger partial charge is 0.497 e. The van der Waals surface area contributed by atoms with Gasteiger partial charge in [0.15, 0.2) is 0 Å². The number of allylic oxidation sites excluding steroid dienone is 1. The Kier molecular flexibility index (Phi) is 14.5. The van der Waals surface area contributed by atoms with Gasteiger partial charge in [-0.25, -0.2) is 4.79 Å². The number of anilines is 1. The number of hydrogen-bond acceptors (Lipinski definition) is 6. The third-order valence-corrected chi connectivity index (χ3v) is 17.0. The van der Waals surface area contributed by atoms with E-state index in [0.29, 0.717) is 17.5 Å². The van der Waals surface area contributed by atoms with E-state index < -0.39 is 17.8 Å². The Morgan fingerprint density at radius 2 is 1.40 bits per heavy atom. The lowest BCUT2D eigenvalue weighted by Gasteiger charge is -2.58. The molecule has 7 nitrogen and oxygen atoms in total. The molecular weight excluding hydrogens is 807 g/mol. The Hall–Kier alpha value is -4.59. The molecule has 0 bridgehead atoms. The van der Waals surface area contributed by atoms with E-state index >= 15 is 0 Å². The summed E-state index contributed by atoms with van der Waals surface area (Å²) in [6.45, 7) is 12.8. The highest BCUT2D eigenvalue weighted by atomic mass is 16.6. The van der Waals surface area contributed by atoms with E-state index in [1.54, 1.807) is 14.2 Å². The summed E-state index contributed by atoms with van der Waals surface area (Å²) in [5.41, 5.74) is 5.46. The molecule has 4 aliphatic rings. The van der Waals surface area contributed by atoms with Crippen LogP contribution < -0.4 is 14.8 Å². The second-order valence-electron chi connectivity index (χ2n) is 21.0. The molecule has 4 aromatic rings. The highest BCUT2D eigenvalue weighted by molar-refractivity contribution is 5.84. The fourth-order valence-electron chi connectivity index (χ4n) is 13.4. The number of aliphatic hydroxyl groups excluding tert-OH is 1. The summed E-state index contributed by atoms with van der Waals surface area (Å²) >= 11 is 0. The van der Waals surface area contributed by atoms with Crippen LogP contribution in [-0.2, 0) is 15.1 Å². The van der Waals surface area contributed by atoms with Crippen LogP contribution in [0.2, 0.25) is 0 Å². The Morgan fingerprint density at radius 1 is 0.754 bits per heavy atom. The number of nitrogens with one attached hydrogen (secondary N) is 1. The van der Waals surface area contributed by atoms with E-state index in [0.717, 1.165) is 88.5 Å². The normalized spacial score (nSPS) is 27.1. The van der Waals surface area contributed by atoms with Crippen molar-refractivity contribution in [2.75, 3.05) is 26.1 Å². The first-order valence-corrected chi connectivity index (χ1v) is 24.8. The number of ether oxygens (including phenoxy) is 4. The molecule has 3 fully saturated rings. The van der Waals surface area contributed by atoms with Gasteiger partial charge >= 0.3 is 6.09 Å². The summed E-state index contributed by atoms with van der Waals surface area (Å²) in [6.07, 6.45) is 15.3. The van der Waals surface area contributed by atoms with Crippen LogP contribution in [0, 0.1) is 46.3 Å². The van der Waals surface area contributed by atoms with Gasteiger partial charge in [-0.05, 0) is 150 Å². The monoisotopic (exact) mass is 882 g/mol. The molecule has 7 heteroatoms. The lowest BCUT2D eigenvalue weighted by molar-refractivity contribution is -0.0577. The standard InChI is InChI=1S/C58H75NO6/c1-39(2)12-11-13-40(3)51-30-31-52-50-29-22-45-38-49(32-35-56(45,4)53(50)33-36-57(51,52)5)65-55(61)59-46-23-16-41(17-24-46)54(60)34-37-64-58(42-14-9-8-10-15-42,43-18-25-47(62-6)26-19-43)44-20-27-48(63-7)28-21-44/h8-10,14-28,39-40,49-54,60H,11-13,29-38H2,1-7H3,(H,59,61)/t40?,49-,50?,51?,52?,53?,54?,56-,57+/m1/s1. The van der Waals surface area contributed by atoms with Gasteiger partial charge in [0.2, 0.25) is 0 Å². The smallest absolute Gasteiger partial charge is 0.411 e.